The molecular formula is C21H25FN4O2. The fraction of sp³-hybridized carbons (Fsp3) is 0.524. The van der Waals surface area contributed by atoms with Crippen molar-refractivity contribution < 1.29 is 13.9 Å². The van der Waals surface area contributed by atoms with Crippen LogP contribution in [0.15, 0.2) is 30.5 Å². The Kier molecular flexibility index (Phi) is 4.07. The molecule has 1 amide bonds. The topological polar surface area (TPSA) is 61.5 Å². The summed E-state index contributed by atoms with van der Waals surface area (Å²) in [4.78, 5) is 17.4. The van der Waals surface area contributed by atoms with Gasteiger partial charge in [-0.05, 0) is 39.1 Å². The first-order chi connectivity index (χ1) is 13.5. The smallest absolute Gasteiger partial charge is 0.257 e. The summed E-state index contributed by atoms with van der Waals surface area (Å²) >= 11 is 0. The Morgan fingerprint density at radius 3 is 3.11 bits per heavy atom. The first-order valence-corrected chi connectivity index (χ1v) is 9.88. The van der Waals surface area contributed by atoms with Gasteiger partial charge in [0.2, 0.25) is 0 Å². The third-order valence-corrected chi connectivity index (χ3v) is 6.63. The predicted molar refractivity (Wildman–Crippen MR) is 102 cm³/mol. The second-order valence-electron chi connectivity index (χ2n) is 8.65. The van der Waals surface area contributed by atoms with Gasteiger partial charge >= 0.3 is 0 Å². The Hall–Kier alpha value is -2.25. The fourth-order valence-corrected chi connectivity index (χ4v) is 5.49. The van der Waals surface area contributed by atoms with Crippen molar-refractivity contribution in [1.29, 1.82) is 0 Å². The maximum atomic E-state index is 13.6. The monoisotopic (exact) mass is 384 g/mol. The van der Waals surface area contributed by atoms with Crippen LogP contribution < -0.4 is 0 Å². The number of hydrogen-bond acceptors (Lipinski definition) is 4. The molecule has 2 aromatic rings. The molecule has 1 spiro atoms. The number of carbonyl (C=O) groups excluding carboxylic acids is 1. The minimum absolute atomic E-state index is 0.0626. The molecular weight excluding hydrogens is 359 g/mol. The van der Waals surface area contributed by atoms with Crippen molar-refractivity contribution in [2.24, 2.45) is 11.8 Å². The van der Waals surface area contributed by atoms with Crippen molar-refractivity contribution in [2.75, 3.05) is 33.7 Å². The van der Waals surface area contributed by atoms with Crippen LogP contribution in [0.2, 0.25) is 0 Å². The summed E-state index contributed by atoms with van der Waals surface area (Å²) in [5, 5.41) is 6.93. The number of fused-ring (bicyclic) bond motifs is 1. The molecule has 0 saturated carbocycles. The van der Waals surface area contributed by atoms with Gasteiger partial charge < -0.3 is 14.5 Å². The highest BCUT2D eigenvalue weighted by atomic mass is 19.1. The van der Waals surface area contributed by atoms with E-state index in [-0.39, 0.29) is 17.3 Å². The summed E-state index contributed by atoms with van der Waals surface area (Å²) in [7, 11) is 4.18. The van der Waals surface area contributed by atoms with Gasteiger partial charge in [-0.2, -0.15) is 5.10 Å². The Morgan fingerprint density at radius 2 is 2.32 bits per heavy atom. The van der Waals surface area contributed by atoms with E-state index in [1.54, 1.807) is 18.3 Å². The highest BCUT2D eigenvalue weighted by Crippen LogP contribution is 2.55. The molecule has 4 atom stereocenters. The van der Waals surface area contributed by atoms with Crippen LogP contribution in [0, 0.1) is 17.7 Å². The van der Waals surface area contributed by atoms with Crippen LogP contribution in [0.25, 0.3) is 11.3 Å². The van der Waals surface area contributed by atoms with Gasteiger partial charge in [-0.25, -0.2) is 4.39 Å². The lowest BCUT2D eigenvalue weighted by Crippen LogP contribution is -2.40. The van der Waals surface area contributed by atoms with Crippen LogP contribution in [-0.2, 0) is 4.74 Å². The quantitative estimate of drug-likeness (QED) is 0.879. The number of nitrogens with zero attached hydrogens (tertiary/aromatic N) is 3. The molecule has 3 aliphatic rings. The SMILES string of the molecule is CN(C)C[C@H]1[C@@H]2CC[C@@]3(CN(C(=O)c4cn[nH]c4-c4cccc(F)c4)C[C@@H]13)O2. The molecule has 0 aliphatic carbocycles. The molecule has 4 heterocycles. The van der Waals surface area contributed by atoms with E-state index in [2.05, 4.69) is 29.2 Å². The maximum absolute atomic E-state index is 13.6. The van der Waals surface area contributed by atoms with Crippen LogP contribution >= 0.6 is 0 Å². The van der Waals surface area contributed by atoms with E-state index < -0.39 is 0 Å². The predicted octanol–water partition coefficient (Wildman–Crippen LogP) is 2.40. The van der Waals surface area contributed by atoms with Crippen LogP contribution in [0.3, 0.4) is 0 Å². The minimum Gasteiger partial charge on any atom is -0.369 e. The maximum Gasteiger partial charge on any atom is 0.257 e. The number of aromatic nitrogens is 2. The highest BCUT2D eigenvalue weighted by molar-refractivity contribution is 6.00. The van der Waals surface area contributed by atoms with Crippen LogP contribution in [0.1, 0.15) is 23.2 Å². The van der Waals surface area contributed by atoms with Gasteiger partial charge in [0.15, 0.2) is 0 Å². The van der Waals surface area contributed by atoms with Crippen LogP contribution in [0.4, 0.5) is 4.39 Å². The van der Waals surface area contributed by atoms with Gasteiger partial charge in [0.25, 0.3) is 5.91 Å². The number of H-pyrrole nitrogens is 1. The Balaban J connectivity index is 1.41. The molecule has 3 fully saturated rings. The number of amides is 1. The van der Waals surface area contributed by atoms with E-state index >= 15 is 0 Å². The Morgan fingerprint density at radius 1 is 1.46 bits per heavy atom. The molecule has 0 radical (unpaired) electrons. The van der Waals surface area contributed by atoms with Gasteiger partial charge in [-0.15, -0.1) is 0 Å². The molecule has 2 bridgehead atoms. The molecule has 1 N–H and O–H groups in total. The number of hydrogen-bond donors (Lipinski definition) is 1. The number of rotatable bonds is 4. The second-order valence-corrected chi connectivity index (χ2v) is 8.65. The third-order valence-electron chi connectivity index (χ3n) is 6.63. The van der Waals surface area contributed by atoms with E-state index in [1.165, 1.54) is 12.1 Å². The van der Waals surface area contributed by atoms with Crippen LogP contribution in [-0.4, -0.2) is 71.3 Å². The van der Waals surface area contributed by atoms with E-state index in [0.29, 0.717) is 47.9 Å². The third kappa shape index (κ3) is 2.68. The Bertz CT molecular complexity index is 913. The summed E-state index contributed by atoms with van der Waals surface area (Å²) in [6, 6.07) is 6.22. The zero-order valence-electron chi connectivity index (χ0n) is 16.2. The number of ether oxygens (including phenoxy) is 1. The summed E-state index contributed by atoms with van der Waals surface area (Å²) < 4.78 is 20.1. The van der Waals surface area contributed by atoms with Gasteiger partial charge in [0.05, 0.1) is 35.7 Å². The molecule has 7 heteroatoms. The van der Waals surface area contributed by atoms with Gasteiger partial charge in [0, 0.05) is 30.5 Å². The molecule has 5 rings (SSSR count). The molecule has 28 heavy (non-hydrogen) atoms. The summed E-state index contributed by atoms with van der Waals surface area (Å²) in [5.41, 5.74) is 1.49. The fourth-order valence-electron chi connectivity index (χ4n) is 5.49. The Labute approximate surface area is 163 Å². The van der Waals surface area contributed by atoms with Crippen molar-refractivity contribution in [2.45, 2.75) is 24.5 Å². The average molecular weight is 384 g/mol. The lowest BCUT2D eigenvalue weighted by Gasteiger charge is -2.30. The summed E-state index contributed by atoms with van der Waals surface area (Å²) in [6.45, 7) is 2.33. The molecule has 3 aliphatic heterocycles. The summed E-state index contributed by atoms with van der Waals surface area (Å²) in [5.74, 6) is 0.445. The lowest BCUT2D eigenvalue weighted by atomic mass is 9.73. The molecule has 1 aromatic heterocycles. The number of halogens is 1. The average Bonchev–Trinajstić information content (AvgIpc) is 3.41. The van der Waals surface area contributed by atoms with Crippen LogP contribution in [0.5, 0.6) is 0 Å². The van der Waals surface area contributed by atoms with Gasteiger partial charge in [0.1, 0.15) is 5.82 Å². The second kappa shape index (κ2) is 6.39. The van der Waals surface area contributed by atoms with Crippen molar-refractivity contribution in [3.63, 3.8) is 0 Å². The number of carbonyl (C=O) groups is 1. The zero-order valence-corrected chi connectivity index (χ0v) is 16.2. The number of likely N-dealkylation sites (tertiary alicyclic amines) is 1. The van der Waals surface area contributed by atoms with E-state index in [9.17, 15) is 9.18 Å². The number of benzene rings is 1. The molecule has 148 valence electrons. The van der Waals surface area contributed by atoms with Crippen molar-refractivity contribution in [1.82, 2.24) is 20.0 Å². The van der Waals surface area contributed by atoms with Crippen molar-refractivity contribution >= 4 is 5.91 Å². The molecule has 1 aromatic carbocycles. The first-order valence-electron chi connectivity index (χ1n) is 9.88. The number of nitrogens with one attached hydrogen (secondary N) is 1. The standard InChI is InChI=1S/C21H25FN4O2/c1-25(2)10-16-17-11-26(12-21(17)7-6-18(16)28-21)20(27)15-9-23-24-19(15)13-4-3-5-14(22)8-13/h3-5,8-9,16-18H,6-7,10-12H2,1-2H3,(H,23,24)/t16-,17+,18+,21+/m1/s1. The lowest BCUT2D eigenvalue weighted by molar-refractivity contribution is 0.00257. The first kappa shape index (κ1) is 17.8. The summed E-state index contributed by atoms with van der Waals surface area (Å²) in [6.07, 6.45) is 3.97. The normalized spacial score (nSPS) is 31.0. The minimum atomic E-state index is -0.336. The highest BCUT2D eigenvalue weighted by Gasteiger charge is 2.63. The van der Waals surface area contributed by atoms with Crippen molar-refractivity contribution in [3.05, 3.63) is 41.8 Å². The molecule has 0 unspecified atom stereocenters. The van der Waals surface area contributed by atoms with E-state index in [0.717, 1.165) is 19.4 Å². The molecule has 3 saturated heterocycles. The number of aromatic amines is 1. The largest absolute Gasteiger partial charge is 0.369 e. The van der Waals surface area contributed by atoms with Crippen molar-refractivity contribution in [3.8, 4) is 11.3 Å². The molecule has 6 nitrogen and oxygen atoms in total. The van der Waals surface area contributed by atoms with E-state index in [1.807, 2.05) is 4.90 Å². The van der Waals surface area contributed by atoms with Gasteiger partial charge in [-0.3, -0.25) is 9.89 Å². The zero-order chi connectivity index (χ0) is 19.5. The van der Waals surface area contributed by atoms with E-state index in [4.69, 9.17) is 4.74 Å². The van der Waals surface area contributed by atoms with Gasteiger partial charge in [-0.1, -0.05) is 12.1 Å².